The van der Waals surface area contributed by atoms with Gasteiger partial charge < -0.3 is 9.64 Å². The monoisotopic (exact) mass is 245 g/mol. The number of hydrogen-bond donors (Lipinski definition) is 0. The molecule has 0 spiro atoms. The molecule has 1 saturated heterocycles. The molecule has 1 aromatic carbocycles. The van der Waals surface area contributed by atoms with Gasteiger partial charge >= 0.3 is 0 Å². The number of anilines is 1. The highest BCUT2D eigenvalue weighted by Crippen LogP contribution is 2.44. The quantitative estimate of drug-likeness (QED) is 0.807. The Morgan fingerprint density at radius 2 is 2.28 bits per heavy atom. The molecule has 2 heterocycles. The van der Waals surface area contributed by atoms with Crippen molar-refractivity contribution in [2.24, 2.45) is 5.92 Å². The highest BCUT2D eigenvalue weighted by molar-refractivity contribution is 5.58. The van der Waals surface area contributed by atoms with Crippen LogP contribution in [0.2, 0.25) is 0 Å². The van der Waals surface area contributed by atoms with Crippen LogP contribution in [0.1, 0.15) is 43.4 Å². The van der Waals surface area contributed by atoms with Crippen LogP contribution in [0.5, 0.6) is 0 Å². The van der Waals surface area contributed by atoms with Gasteiger partial charge in [0.1, 0.15) is 0 Å². The molecule has 2 aliphatic heterocycles. The topological polar surface area (TPSA) is 12.5 Å². The van der Waals surface area contributed by atoms with E-state index in [0.717, 1.165) is 13.2 Å². The average molecular weight is 245 g/mol. The van der Waals surface area contributed by atoms with Gasteiger partial charge in [-0.15, -0.1) is 0 Å². The van der Waals surface area contributed by atoms with E-state index in [2.05, 4.69) is 37.1 Å². The predicted molar refractivity (Wildman–Crippen MR) is 75.1 cm³/mol. The van der Waals surface area contributed by atoms with Gasteiger partial charge in [-0.25, -0.2) is 0 Å². The van der Waals surface area contributed by atoms with Gasteiger partial charge in [0.2, 0.25) is 0 Å². The van der Waals surface area contributed by atoms with Gasteiger partial charge in [0.25, 0.3) is 0 Å². The first-order valence-electron chi connectivity index (χ1n) is 7.25. The lowest BCUT2D eigenvalue weighted by Gasteiger charge is -2.35. The normalized spacial score (nSPS) is 26.0. The van der Waals surface area contributed by atoms with Gasteiger partial charge in [0.15, 0.2) is 0 Å². The van der Waals surface area contributed by atoms with Gasteiger partial charge in [0, 0.05) is 37.4 Å². The fraction of sp³-hybridized carbons (Fsp3) is 0.625. The molecule has 0 aliphatic carbocycles. The van der Waals surface area contributed by atoms with Crippen LogP contribution in [0, 0.1) is 5.92 Å². The largest absolute Gasteiger partial charge is 0.374 e. The zero-order chi connectivity index (χ0) is 12.5. The number of benzene rings is 1. The van der Waals surface area contributed by atoms with Crippen molar-refractivity contribution >= 4 is 5.69 Å². The standard InChI is InChI=1S/C16H23NO/c1-3-4-5-12-6-7-15-14(10-12)16-13(8-9-18-16)11-17(15)2/h6-7,10,13,16H,3-5,8-9,11H2,1-2H3. The number of aryl methyl sites for hydroxylation is 1. The summed E-state index contributed by atoms with van der Waals surface area (Å²) in [6.07, 6.45) is 5.32. The summed E-state index contributed by atoms with van der Waals surface area (Å²) < 4.78 is 5.96. The minimum Gasteiger partial charge on any atom is -0.374 e. The second-order valence-electron chi connectivity index (χ2n) is 5.72. The van der Waals surface area contributed by atoms with E-state index in [9.17, 15) is 0 Å². The van der Waals surface area contributed by atoms with Crippen molar-refractivity contribution in [1.29, 1.82) is 0 Å². The van der Waals surface area contributed by atoms with Gasteiger partial charge in [-0.3, -0.25) is 0 Å². The lowest BCUT2D eigenvalue weighted by molar-refractivity contribution is 0.0890. The molecule has 0 amide bonds. The van der Waals surface area contributed by atoms with E-state index < -0.39 is 0 Å². The van der Waals surface area contributed by atoms with Crippen molar-refractivity contribution in [3.05, 3.63) is 29.3 Å². The number of ether oxygens (including phenoxy) is 1. The molecule has 0 saturated carbocycles. The number of hydrogen-bond acceptors (Lipinski definition) is 2. The zero-order valence-electron chi connectivity index (χ0n) is 11.5. The highest BCUT2D eigenvalue weighted by Gasteiger charge is 2.36. The van der Waals surface area contributed by atoms with Crippen LogP contribution in [-0.4, -0.2) is 20.2 Å². The van der Waals surface area contributed by atoms with Gasteiger partial charge in [-0.1, -0.05) is 25.5 Å². The number of unbranched alkanes of at least 4 members (excludes halogenated alkanes) is 1. The molecule has 1 fully saturated rings. The van der Waals surface area contributed by atoms with Crippen LogP contribution >= 0.6 is 0 Å². The molecular formula is C16H23NO. The Kier molecular flexibility index (Phi) is 3.29. The first kappa shape index (κ1) is 12.0. The smallest absolute Gasteiger partial charge is 0.0890 e. The summed E-state index contributed by atoms with van der Waals surface area (Å²) in [5.41, 5.74) is 4.28. The second-order valence-corrected chi connectivity index (χ2v) is 5.72. The third-order valence-corrected chi connectivity index (χ3v) is 4.35. The molecule has 2 atom stereocenters. The lowest BCUT2D eigenvalue weighted by Crippen LogP contribution is -2.33. The maximum atomic E-state index is 5.96. The van der Waals surface area contributed by atoms with Crippen molar-refractivity contribution in [2.75, 3.05) is 25.1 Å². The van der Waals surface area contributed by atoms with E-state index in [1.807, 2.05) is 0 Å². The maximum absolute atomic E-state index is 5.96. The molecule has 2 aliphatic rings. The lowest BCUT2D eigenvalue weighted by atomic mass is 9.88. The van der Waals surface area contributed by atoms with E-state index in [1.54, 1.807) is 0 Å². The molecule has 0 N–H and O–H groups in total. The van der Waals surface area contributed by atoms with Crippen molar-refractivity contribution < 1.29 is 4.74 Å². The summed E-state index contributed by atoms with van der Waals surface area (Å²) in [6.45, 7) is 4.33. The molecule has 0 bridgehead atoms. The second kappa shape index (κ2) is 4.93. The molecule has 1 aromatic rings. The summed E-state index contributed by atoms with van der Waals surface area (Å²) in [5, 5.41) is 0. The third-order valence-electron chi connectivity index (χ3n) is 4.35. The summed E-state index contributed by atoms with van der Waals surface area (Å²) in [6, 6.07) is 6.97. The molecule has 0 aromatic heterocycles. The van der Waals surface area contributed by atoms with E-state index >= 15 is 0 Å². The minimum atomic E-state index is 0.359. The van der Waals surface area contributed by atoms with E-state index in [4.69, 9.17) is 4.74 Å². The highest BCUT2D eigenvalue weighted by atomic mass is 16.5. The average Bonchev–Trinajstić information content (AvgIpc) is 2.84. The first-order chi connectivity index (χ1) is 8.79. The molecule has 0 radical (unpaired) electrons. The number of nitrogens with zero attached hydrogens (tertiary/aromatic N) is 1. The Bertz CT molecular complexity index is 429. The van der Waals surface area contributed by atoms with Crippen LogP contribution in [0.3, 0.4) is 0 Å². The first-order valence-corrected chi connectivity index (χ1v) is 7.25. The SMILES string of the molecule is CCCCc1ccc2c(c1)C1OCCC1CN2C. The van der Waals surface area contributed by atoms with Crippen molar-refractivity contribution in [3.8, 4) is 0 Å². The molecule has 98 valence electrons. The summed E-state index contributed by atoms with van der Waals surface area (Å²) >= 11 is 0. The van der Waals surface area contributed by atoms with Crippen LogP contribution in [0.4, 0.5) is 5.69 Å². The van der Waals surface area contributed by atoms with E-state index in [0.29, 0.717) is 12.0 Å². The maximum Gasteiger partial charge on any atom is 0.0890 e. The Balaban J connectivity index is 1.92. The molecule has 2 heteroatoms. The summed E-state index contributed by atoms with van der Waals surface area (Å²) in [7, 11) is 2.21. The Labute approximate surface area is 110 Å². The molecule has 3 rings (SSSR count). The van der Waals surface area contributed by atoms with Crippen molar-refractivity contribution in [1.82, 2.24) is 0 Å². The minimum absolute atomic E-state index is 0.359. The Hall–Kier alpha value is -1.02. The van der Waals surface area contributed by atoms with Crippen LogP contribution in [-0.2, 0) is 11.2 Å². The van der Waals surface area contributed by atoms with Gasteiger partial charge in [-0.2, -0.15) is 0 Å². The van der Waals surface area contributed by atoms with Gasteiger partial charge in [-0.05, 0) is 30.9 Å². The van der Waals surface area contributed by atoms with Crippen molar-refractivity contribution in [2.45, 2.75) is 38.7 Å². The van der Waals surface area contributed by atoms with E-state index in [1.165, 1.54) is 42.5 Å². The van der Waals surface area contributed by atoms with Crippen LogP contribution in [0.25, 0.3) is 0 Å². The Morgan fingerprint density at radius 1 is 1.39 bits per heavy atom. The summed E-state index contributed by atoms with van der Waals surface area (Å²) in [4.78, 5) is 2.40. The Morgan fingerprint density at radius 3 is 3.11 bits per heavy atom. The fourth-order valence-corrected chi connectivity index (χ4v) is 3.33. The van der Waals surface area contributed by atoms with E-state index in [-0.39, 0.29) is 0 Å². The molecule has 2 nitrogen and oxygen atoms in total. The summed E-state index contributed by atoms with van der Waals surface area (Å²) in [5.74, 6) is 0.698. The molecular weight excluding hydrogens is 222 g/mol. The number of rotatable bonds is 3. The van der Waals surface area contributed by atoms with Gasteiger partial charge in [0.05, 0.1) is 6.10 Å². The molecule has 18 heavy (non-hydrogen) atoms. The van der Waals surface area contributed by atoms with Crippen molar-refractivity contribution in [3.63, 3.8) is 0 Å². The predicted octanol–water partition coefficient (Wildman–Crippen LogP) is 3.56. The zero-order valence-corrected chi connectivity index (χ0v) is 11.5. The third kappa shape index (κ3) is 2.03. The van der Waals surface area contributed by atoms with Crippen LogP contribution < -0.4 is 4.90 Å². The van der Waals surface area contributed by atoms with Crippen LogP contribution in [0.15, 0.2) is 18.2 Å². The molecule has 2 unspecified atom stereocenters. The fourth-order valence-electron chi connectivity index (χ4n) is 3.33. The number of fused-ring (bicyclic) bond motifs is 3.